The quantitative estimate of drug-likeness (QED) is 0.702. The Hall–Kier alpha value is -3.48. The molecule has 3 aromatic rings. The van der Waals surface area contributed by atoms with Gasteiger partial charge in [0.1, 0.15) is 11.4 Å². The third-order valence-electron chi connectivity index (χ3n) is 5.85. The summed E-state index contributed by atoms with van der Waals surface area (Å²) in [5, 5.41) is 2.75. The Bertz CT molecular complexity index is 1180. The highest BCUT2D eigenvalue weighted by molar-refractivity contribution is 6.06. The van der Waals surface area contributed by atoms with Crippen LogP contribution in [0.1, 0.15) is 57.9 Å². The first-order valence-electron chi connectivity index (χ1n) is 10.4. The van der Waals surface area contributed by atoms with Crippen LogP contribution in [0.3, 0.4) is 0 Å². The van der Waals surface area contributed by atoms with Gasteiger partial charge in [-0.05, 0) is 43.9 Å². The molecule has 30 heavy (non-hydrogen) atoms. The molecular formula is C23H22N4O3. The van der Waals surface area contributed by atoms with Gasteiger partial charge in [-0.2, -0.15) is 0 Å². The molecule has 1 aliphatic carbocycles. The number of H-pyrrole nitrogens is 1. The van der Waals surface area contributed by atoms with E-state index in [2.05, 4.69) is 21.1 Å². The summed E-state index contributed by atoms with van der Waals surface area (Å²) in [4.78, 5) is 44.5. The van der Waals surface area contributed by atoms with Crippen LogP contribution in [-0.2, 0) is 19.4 Å². The molecule has 0 saturated carbocycles. The van der Waals surface area contributed by atoms with E-state index in [0.717, 1.165) is 36.5 Å². The monoisotopic (exact) mass is 402 g/mol. The number of nitrogens with one attached hydrogen (secondary N) is 2. The van der Waals surface area contributed by atoms with E-state index in [1.165, 1.54) is 18.9 Å². The van der Waals surface area contributed by atoms with Crippen LogP contribution < -0.4 is 10.9 Å². The Morgan fingerprint density at radius 2 is 1.87 bits per heavy atom. The molecule has 5 rings (SSSR count). The second-order valence-corrected chi connectivity index (χ2v) is 7.91. The summed E-state index contributed by atoms with van der Waals surface area (Å²) in [6.07, 6.45) is 7.25. The van der Waals surface area contributed by atoms with Gasteiger partial charge in [0.2, 0.25) is 0 Å². The van der Waals surface area contributed by atoms with Gasteiger partial charge < -0.3 is 14.9 Å². The first-order chi connectivity index (χ1) is 14.6. The largest absolute Gasteiger partial charge is 0.334 e. The smallest absolute Gasteiger partial charge is 0.261 e. The lowest BCUT2D eigenvalue weighted by Crippen LogP contribution is -2.27. The van der Waals surface area contributed by atoms with Gasteiger partial charge in [-0.1, -0.05) is 12.1 Å². The van der Waals surface area contributed by atoms with Crippen LogP contribution in [0, 0.1) is 0 Å². The maximum absolute atomic E-state index is 12.7. The summed E-state index contributed by atoms with van der Waals surface area (Å²) in [5.74, 6) is 0.561. The van der Waals surface area contributed by atoms with Gasteiger partial charge in [0, 0.05) is 48.1 Å². The van der Waals surface area contributed by atoms with Crippen molar-refractivity contribution in [2.24, 2.45) is 0 Å². The number of rotatable bonds is 3. The molecule has 2 aliphatic rings. The molecule has 0 spiro atoms. The van der Waals surface area contributed by atoms with E-state index >= 15 is 0 Å². The van der Waals surface area contributed by atoms with Crippen LogP contribution in [0.5, 0.6) is 0 Å². The lowest BCUT2D eigenvalue weighted by Gasteiger charge is -2.15. The fourth-order valence-electron chi connectivity index (χ4n) is 4.22. The highest BCUT2D eigenvalue weighted by Crippen LogP contribution is 2.24. The number of pyridine rings is 1. The predicted molar refractivity (Wildman–Crippen MR) is 113 cm³/mol. The minimum atomic E-state index is -0.525. The van der Waals surface area contributed by atoms with Gasteiger partial charge in [-0.3, -0.25) is 14.4 Å². The SMILES string of the molecule is O=C1CCCc2[nH]c(=O)c(C(=O)Nc3ccc(-c4cn5c(n4)CCCC5)cc3)cc21. The predicted octanol–water partition coefficient (Wildman–Crippen LogP) is 3.35. The number of aryl methyl sites for hydroxylation is 3. The zero-order valence-corrected chi connectivity index (χ0v) is 16.5. The molecule has 7 heteroatoms. The van der Waals surface area contributed by atoms with Crippen LogP contribution in [0.2, 0.25) is 0 Å². The number of aromatic amines is 1. The van der Waals surface area contributed by atoms with Crippen LogP contribution in [0.25, 0.3) is 11.3 Å². The number of amides is 1. The second-order valence-electron chi connectivity index (χ2n) is 7.91. The molecule has 0 atom stereocenters. The highest BCUT2D eigenvalue weighted by Gasteiger charge is 2.22. The van der Waals surface area contributed by atoms with E-state index in [0.29, 0.717) is 29.8 Å². The molecule has 0 radical (unpaired) electrons. The van der Waals surface area contributed by atoms with Crippen LogP contribution in [0.15, 0.2) is 41.3 Å². The van der Waals surface area contributed by atoms with E-state index in [4.69, 9.17) is 4.98 Å². The van der Waals surface area contributed by atoms with Gasteiger partial charge >= 0.3 is 0 Å². The molecular weight excluding hydrogens is 380 g/mol. The molecule has 0 bridgehead atoms. The zero-order valence-electron chi connectivity index (χ0n) is 16.5. The summed E-state index contributed by atoms with van der Waals surface area (Å²) >= 11 is 0. The number of imidazole rings is 1. The highest BCUT2D eigenvalue weighted by atomic mass is 16.2. The number of anilines is 1. The van der Waals surface area contributed by atoms with E-state index in [-0.39, 0.29) is 11.3 Å². The molecule has 0 unspecified atom stereocenters. The summed E-state index contributed by atoms with van der Waals surface area (Å²) < 4.78 is 2.21. The lowest BCUT2D eigenvalue weighted by molar-refractivity contribution is 0.0971. The van der Waals surface area contributed by atoms with Crippen molar-refractivity contribution >= 4 is 17.4 Å². The number of Topliss-reactive ketones (excluding diaryl/α,β-unsaturated/α-hetero) is 1. The number of benzene rings is 1. The van der Waals surface area contributed by atoms with Gasteiger partial charge in [-0.15, -0.1) is 0 Å². The third-order valence-corrected chi connectivity index (χ3v) is 5.85. The number of aromatic nitrogens is 3. The minimum Gasteiger partial charge on any atom is -0.334 e. The summed E-state index contributed by atoms with van der Waals surface area (Å²) in [5.41, 5.74) is 3.04. The van der Waals surface area contributed by atoms with Crippen molar-refractivity contribution < 1.29 is 9.59 Å². The molecule has 0 fully saturated rings. The third kappa shape index (κ3) is 3.36. The summed E-state index contributed by atoms with van der Waals surface area (Å²) in [6, 6.07) is 8.83. The maximum atomic E-state index is 12.7. The average Bonchev–Trinajstić information content (AvgIpc) is 3.18. The standard InChI is InChI=1S/C23H22N4O3/c28-20-5-3-4-18-16(20)12-17(23(30)26-18)22(29)24-15-9-7-14(8-10-15)19-13-27-11-2-1-6-21(27)25-19/h7-10,12-13H,1-6,11H2,(H,24,29)(H,26,30). The summed E-state index contributed by atoms with van der Waals surface area (Å²) in [6.45, 7) is 1.01. The Morgan fingerprint density at radius 3 is 2.67 bits per heavy atom. The van der Waals surface area contributed by atoms with Crippen molar-refractivity contribution in [3.63, 3.8) is 0 Å². The molecule has 3 heterocycles. The number of fused-ring (bicyclic) bond motifs is 2. The molecule has 152 valence electrons. The molecule has 2 aromatic heterocycles. The first kappa shape index (κ1) is 18.5. The Balaban J connectivity index is 1.36. The topological polar surface area (TPSA) is 96.9 Å². The molecule has 1 amide bonds. The maximum Gasteiger partial charge on any atom is 0.261 e. The number of carbonyl (C=O) groups excluding carboxylic acids is 2. The Kier molecular flexibility index (Phi) is 4.58. The van der Waals surface area contributed by atoms with Crippen LogP contribution >= 0.6 is 0 Å². The Labute approximate surface area is 173 Å². The van der Waals surface area contributed by atoms with Gasteiger partial charge in [0.25, 0.3) is 11.5 Å². The van der Waals surface area contributed by atoms with Crippen molar-refractivity contribution in [1.82, 2.24) is 14.5 Å². The number of hydrogen-bond acceptors (Lipinski definition) is 4. The van der Waals surface area contributed by atoms with Gasteiger partial charge in [0.05, 0.1) is 5.69 Å². The number of carbonyl (C=O) groups is 2. The van der Waals surface area contributed by atoms with Crippen molar-refractivity contribution in [1.29, 1.82) is 0 Å². The molecule has 1 aliphatic heterocycles. The second kappa shape index (κ2) is 7.40. The van der Waals surface area contributed by atoms with Crippen molar-refractivity contribution in [2.75, 3.05) is 5.32 Å². The fourth-order valence-corrected chi connectivity index (χ4v) is 4.22. The van der Waals surface area contributed by atoms with E-state index in [9.17, 15) is 14.4 Å². The molecule has 7 nitrogen and oxygen atoms in total. The van der Waals surface area contributed by atoms with Crippen LogP contribution in [-0.4, -0.2) is 26.2 Å². The normalized spacial score (nSPS) is 15.4. The Morgan fingerprint density at radius 1 is 1.03 bits per heavy atom. The molecule has 0 saturated heterocycles. The molecule has 1 aromatic carbocycles. The van der Waals surface area contributed by atoms with Gasteiger partial charge in [0.15, 0.2) is 5.78 Å². The first-order valence-corrected chi connectivity index (χ1v) is 10.4. The van der Waals surface area contributed by atoms with Crippen molar-refractivity contribution in [3.05, 3.63) is 69.5 Å². The fraction of sp³-hybridized carbons (Fsp3) is 0.304. The van der Waals surface area contributed by atoms with Crippen molar-refractivity contribution in [3.8, 4) is 11.3 Å². The average molecular weight is 402 g/mol. The minimum absolute atomic E-state index is 0.0336. The van der Waals surface area contributed by atoms with E-state index in [1.807, 2.05) is 12.1 Å². The van der Waals surface area contributed by atoms with E-state index in [1.54, 1.807) is 12.1 Å². The molecule has 2 N–H and O–H groups in total. The van der Waals surface area contributed by atoms with Crippen LogP contribution in [0.4, 0.5) is 5.69 Å². The summed E-state index contributed by atoms with van der Waals surface area (Å²) in [7, 11) is 0. The van der Waals surface area contributed by atoms with E-state index < -0.39 is 11.5 Å². The number of nitrogens with zero attached hydrogens (tertiary/aromatic N) is 2. The number of ketones is 1. The lowest BCUT2D eigenvalue weighted by atomic mass is 9.93. The number of hydrogen-bond donors (Lipinski definition) is 2. The van der Waals surface area contributed by atoms with Gasteiger partial charge in [-0.25, -0.2) is 4.98 Å². The van der Waals surface area contributed by atoms with Crippen molar-refractivity contribution in [2.45, 2.75) is 45.1 Å². The zero-order chi connectivity index (χ0) is 20.7.